The number of nitrogens with one attached hydrogen (secondary N) is 1. The van der Waals surface area contributed by atoms with Crippen molar-refractivity contribution in [2.24, 2.45) is 29.1 Å². The molecule has 0 radical (unpaired) electrons. The Bertz CT molecular complexity index is 312. The van der Waals surface area contributed by atoms with E-state index in [1.165, 1.54) is 32.1 Å². The van der Waals surface area contributed by atoms with Crippen molar-refractivity contribution in [2.75, 3.05) is 19.8 Å². The van der Waals surface area contributed by atoms with Gasteiger partial charge in [-0.15, -0.1) is 0 Å². The third kappa shape index (κ3) is 2.23. The number of rotatable bonds is 4. The predicted molar refractivity (Wildman–Crippen MR) is 81.6 cm³/mol. The summed E-state index contributed by atoms with van der Waals surface area (Å²) < 4.78 is 5.83. The first-order chi connectivity index (χ1) is 9.79. The van der Waals surface area contributed by atoms with Gasteiger partial charge < -0.3 is 10.1 Å². The molecule has 5 aliphatic rings. The minimum atomic E-state index is 0.635. The average Bonchev–Trinajstić information content (AvgIpc) is 2.44. The molecular formula is C18H31NO. The molecule has 1 N–H and O–H groups in total. The fraction of sp³-hybridized carbons (Fsp3) is 1.00. The Morgan fingerprint density at radius 2 is 1.75 bits per heavy atom. The molecule has 4 aliphatic carbocycles. The van der Waals surface area contributed by atoms with E-state index in [1.807, 2.05) is 0 Å². The van der Waals surface area contributed by atoms with Crippen molar-refractivity contribution in [1.82, 2.24) is 5.32 Å². The first-order valence-corrected chi connectivity index (χ1v) is 9.10. The standard InChI is InChI=1S/C18H31NO/c1-2-19-17(16-4-3-5-20-12-16)18-9-13-6-14(10-18)8-15(7-13)11-18/h13-17,19H,2-12H2,1H3. The quantitative estimate of drug-likeness (QED) is 0.847. The lowest BCUT2D eigenvalue weighted by Gasteiger charge is -2.61. The van der Waals surface area contributed by atoms with E-state index in [4.69, 9.17) is 4.74 Å². The molecule has 0 aromatic rings. The number of hydrogen-bond donors (Lipinski definition) is 1. The molecule has 0 spiro atoms. The Morgan fingerprint density at radius 3 is 2.25 bits per heavy atom. The van der Waals surface area contributed by atoms with Gasteiger partial charge in [0.15, 0.2) is 0 Å². The summed E-state index contributed by atoms with van der Waals surface area (Å²) in [6.07, 6.45) is 11.9. The molecule has 1 saturated heterocycles. The second-order valence-electron chi connectivity index (χ2n) is 8.29. The lowest BCUT2D eigenvalue weighted by Crippen LogP contribution is -2.59. The van der Waals surface area contributed by atoms with Crippen LogP contribution >= 0.6 is 0 Å². The van der Waals surface area contributed by atoms with Crippen LogP contribution in [0.5, 0.6) is 0 Å². The molecule has 114 valence electrons. The van der Waals surface area contributed by atoms with E-state index < -0.39 is 0 Å². The summed E-state index contributed by atoms with van der Waals surface area (Å²) in [5, 5.41) is 3.93. The second kappa shape index (κ2) is 5.28. The monoisotopic (exact) mass is 277 g/mol. The van der Waals surface area contributed by atoms with Crippen LogP contribution in [0.4, 0.5) is 0 Å². The molecule has 0 amide bonds. The molecule has 20 heavy (non-hydrogen) atoms. The molecule has 2 nitrogen and oxygen atoms in total. The van der Waals surface area contributed by atoms with E-state index in [0.29, 0.717) is 5.41 Å². The predicted octanol–water partition coefficient (Wildman–Crippen LogP) is 3.61. The zero-order chi connectivity index (χ0) is 13.6. The van der Waals surface area contributed by atoms with Crippen LogP contribution in [0.1, 0.15) is 58.3 Å². The van der Waals surface area contributed by atoms with Gasteiger partial charge in [0.25, 0.3) is 0 Å². The SMILES string of the molecule is CCNC(C1CCCOC1)C12CC3CC(CC(C3)C1)C2. The summed E-state index contributed by atoms with van der Waals surface area (Å²) in [7, 11) is 0. The van der Waals surface area contributed by atoms with Gasteiger partial charge in [0.1, 0.15) is 0 Å². The van der Waals surface area contributed by atoms with Gasteiger partial charge in [0, 0.05) is 12.6 Å². The van der Waals surface area contributed by atoms with Crippen LogP contribution in [0.2, 0.25) is 0 Å². The summed E-state index contributed by atoms with van der Waals surface area (Å²) >= 11 is 0. The summed E-state index contributed by atoms with van der Waals surface area (Å²) in [6, 6.07) is 0.737. The molecule has 0 aromatic heterocycles. The Labute approximate surface area is 124 Å². The largest absolute Gasteiger partial charge is 0.381 e. The number of hydrogen-bond acceptors (Lipinski definition) is 2. The van der Waals surface area contributed by atoms with Crippen molar-refractivity contribution in [3.05, 3.63) is 0 Å². The Kier molecular flexibility index (Phi) is 3.58. The van der Waals surface area contributed by atoms with Crippen LogP contribution in [-0.2, 0) is 4.74 Å². The zero-order valence-electron chi connectivity index (χ0n) is 13.1. The maximum absolute atomic E-state index is 5.83. The first-order valence-electron chi connectivity index (χ1n) is 9.10. The molecule has 2 atom stereocenters. The molecule has 2 heteroatoms. The molecule has 4 bridgehead atoms. The second-order valence-corrected chi connectivity index (χ2v) is 8.29. The van der Waals surface area contributed by atoms with Crippen molar-refractivity contribution in [1.29, 1.82) is 0 Å². The van der Waals surface area contributed by atoms with Crippen molar-refractivity contribution >= 4 is 0 Å². The summed E-state index contributed by atoms with van der Waals surface area (Å²) in [5.41, 5.74) is 0.635. The van der Waals surface area contributed by atoms with Crippen molar-refractivity contribution in [3.63, 3.8) is 0 Å². The first kappa shape index (κ1) is 13.6. The maximum Gasteiger partial charge on any atom is 0.0509 e. The molecule has 0 aromatic carbocycles. The molecule has 5 fully saturated rings. The van der Waals surface area contributed by atoms with Crippen LogP contribution in [-0.4, -0.2) is 25.8 Å². The van der Waals surface area contributed by atoms with Gasteiger partial charge in [-0.2, -0.15) is 0 Å². The highest BCUT2D eigenvalue weighted by molar-refractivity contribution is 5.07. The van der Waals surface area contributed by atoms with Gasteiger partial charge in [-0.05, 0) is 87.0 Å². The summed E-state index contributed by atoms with van der Waals surface area (Å²) in [5.74, 6) is 3.96. The van der Waals surface area contributed by atoms with Crippen LogP contribution in [0.3, 0.4) is 0 Å². The van der Waals surface area contributed by atoms with Crippen LogP contribution < -0.4 is 5.32 Å². The maximum atomic E-state index is 5.83. The number of ether oxygens (including phenoxy) is 1. The minimum absolute atomic E-state index is 0.635. The van der Waals surface area contributed by atoms with Gasteiger partial charge in [-0.1, -0.05) is 6.92 Å². The third-order valence-corrected chi connectivity index (χ3v) is 6.84. The minimum Gasteiger partial charge on any atom is -0.381 e. The van der Waals surface area contributed by atoms with Gasteiger partial charge in [-0.3, -0.25) is 0 Å². The Balaban J connectivity index is 1.58. The van der Waals surface area contributed by atoms with Crippen molar-refractivity contribution < 1.29 is 4.74 Å². The van der Waals surface area contributed by atoms with Crippen LogP contribution in [0, 0.1) is 29.1 Å². The van der Waals surface area contributed by atoms with E-state index in [9.17, 15) is 0 Å². The average molecular weight is 277 g/mol. The molecule has 1 aliphatic heterocycles. The molecular weight excluding hydrogens is 246 g/mol. The molecule has 1 heterocycles. The zero-order valence-corrected chi connectivity index (χ0v) is 13.1. The van der Waals surface area contributed by atoms with Gasteiger partial charge in [-0.25, -0.2) is 0 Å². The molecule has 4 saturated carbocycles. The van der Waals surface area contributed by atoms with E-state index in [-0.39, 0.29) is 0 Å². The van der Waals surface area contributed by atoms with E-state index >= 15 is 0 Å². The molecule has 5 rings (SSSR count). The van der Waals surface area contributed by atoms with E-state index in [2.05, 4.69) is 12.2 Å². The van der Waals surface area contributed by atoms with Crippen molar-refractivity contribution in [2.45, 2.75) is 64.3 Å². The van der Waals surface area contributed by atoms with Crippen LogP contribution in [0.25, 0.3) is 0 Å². The fourth-order valence-corrected chi connectivity index (χ4v) is 6.69. The van der Waals surface area contributed by atoms with Gasteiger partial charge >= 0.3 is 0 Å². The third-order valence-electron chi connectivity index (χ3n) is 6.84. The summed E-state index contributed by atoms with van der Waals surface area (Å²) in [4.78, 5) is 0. The molecule has 2 unspecified atom stereocenters. The lowest BCUT2D eigenvalue weighted by molar-refractivity contribution is -0.0984. The van der Waals surface area contributed by atoms with Gasteiger partial charge in [0.05, 0.1) is 6.61 Å². The topological polar surface area (TPSA) is 21.3 Å². The van der Waals surface area contributed by atoms with Crippen molar-refractivity contribution in [3.8, 4) is 0 Å². The Morgan fingerprint density at radius 1 is 1.10 bits per heavy atom. The smallest absolute Gasteiger partial charge is 0.0509 e. The lowest BCUT2D eigenvalue weighted by atomic mass is 9.46. The van der Waals surface area contributed by atoms with E-state index in [1.54, 1.807) is 19.3 Å². The highest BCUT2D eigenvalue weighted by Gasteiger charge is 2.55. The Hall–Kier alpha value is -0.0800. The highest BCUT2D eigenvalue weighted by Crippen LogP contribution is 2.62. The van der Waals surface area contributed by atoms with Crippen LogP contribution in [0.15, 0.2) is 0 Å². The summed E-state index contributed by atoms with van der Waals surface area (Å²) in [6.45, 7) is 5.43. The highest BCUT2D eigenvalue weighted by atomic mass is 16.5. The van der Waals surface area contributed by atoms with E-state index in [0.717, 1.165) is 49.5 Å². The van der Waals surface area contributed by atoms with Gasteiger partial charge in [0.2, 0.25) is 0 Å². The normalized spacial score (nSPS) is 48.5. The fourth-order valence-electron chi connectivity index (χ4n) is 6.69.